The van der Waals surface area contributed by atoms with E-state index in [0.717, 1.165) is 10.9 Å². The van der Waals surface area contributed by atoms with Gasteiger partial charge in [-0.25, -0.2) is 9.59 Å². The van der Waals surface area contributed by atoms with Gasteiger partial charge in [0.1, 0.15) is 0 Å². The normalized spacial score (nSPS) is 11.9. The summed E-state index contributed by atoms with van der Waals surface area (Å²) in [5.41, 5.74) is 2.53. The third kappa shape index (κ3) is 2.88. The molecule has 1 unspecified atom stereocenters. The summed E-state index contributed by atoms with van der Waals surface area (Å²) in [7, 11) is 1.27. The molecule has 1 heterocycles. The topological polar surface area (TPSA) is 68.4 Å². The molecular weight excluding hydrogens is 306 g/mol. The van der Waals surface area contributed by atoms with Crippen LogP contribution in [0, 0.1) is 6.92 Å². The van der Waals surface area contributed by atoms with Crippen molar-refractivity contribution in [2.24, 2.45) is 0 Å². The number of rotatable bonds is 4. The van der Waals surface area contributed by atoms with Crippen LogP contribution in [0.3, 0.4) is 0 Å². The number of esters is 2. The molecule has 0 saturated carbocycles. The molecule has 5 nitrogen and oxygen atoms in total. The Hall–Kier alpha value is -3.08. The summed E-state index contributed by atoms with van der Waals surface area (Å²) < 4.78 is 10.3. The molecule has 2 aromatic carbocycles. The molecule has 1 N–H and O–H groups in total. The fourth-order valence-electron chi connectivity index (χ4n) is 2.69. The van der Waals surface area contributed by atoms with Crippen molar-refractivity contribution in [1.29, 1.82) is 0 Å². The van der Waals surface area contributed by atoms with Gasteiger partial charge >= 0.3 is 11.9 Å². The van der Waals surface area contributed by atoms with Gasteiger partial charge in [-0.05, 0) is 13.0 Å². The monoisotopic (exact) mass is 323 g/mol. The number of carbonyl (C=O) groups is 2. The number of benzene rings is 2. The molecule has 5 heteroatoms. The van der Waals surface area contributed by atoms with Crippen LogP contribution in [0.5, 0.6) is 0 Å². The van der Waals surface area contributed by atoms with Crippen LogP contribution in [-0.2, 0) is 14.3 Å². The molecule has 0 saturated heterocycles. The van der Waals surface area contributed by atoms with Gasteiger partial charge in [-0.2, -0.15) is 0 Å². The summed E-state index contributed by atoms with van der Waals surface area (Å²) in [6, 6.07) is 16.3. The Kier molecular flexibility index (Phi) is 4.33. The molecule has 1 atom stereocenters. The average molecular weight is 323 g/mol. The van der Waals surface area contributed by atoms with Gasteiger partial charge in [0.2, 0.25) is 6.10 Å². The summed E-state index contributed by atoms with van der Waals surface area (Å²) in [5.74, 6) is -1.18. The Morgan fingerprint density at radius 2 is 1.67 bits per heavy atom. The van der Waals surface area contributed by atoms with Crippen molar-refractivity contribution in [2.75, 3.05) is 7.11 Å². The van der Waals surface area contributed by atoms with Gasteiger partial charge in [0.05, 0.1) is 12.7 Å². The molecule has 0 aliphatic carbocycles. The molecular formula is C19H17NO4. The number of carbonyl (C=O) groups excluding carboxylic acids is 2. The minimum absolute atomic E-state index is 0.426. The first-order valence-electron chi connectivity index (χ1n) is 7.53. The highest BCUT2D eigenvalue weighted by Gasteiger charge is 2.28. The lowest BCUT2D eigenvalue weighted by Crippen LogP contribution is -2.21. The second-order valence-corrected chi connectivity index (χ2v) is 5.39. The third-order valence-corrected chi connectivity index (χ3v) is 3.84. The predicted octanol–water partition coefficient (Wildman–Crippen LogP) is 3.55. The van der Waals surface area contributed by atoms with Gasteiger partial charge in [-0.3, -0.25) is 0 Å². The molecule has 1 aromatic heterocycles. The number of methoxy groups -OCH3 is 1. The Labute approximate surface area is 139 Å². The highest BCUT2D eigenvalue weighted by atomic mass is 16.6. The van der Waals surface area contributed by atoms with Gasteiger partial charge in [0, 0.05) is 22.2 Å². The quantitative estimate of drug-likeness (QED) is 0.746. The first kappa shape index (κ1) is 15.8. The molecule has 24 heavy (non-hydrogen) atoms. The molecule has 0 amide bonds. The van der Waals surface area contributed by atoms with Crippen molar-refractivity contribution in [1.82, 2.24) is 4.98 Å². The first-order chi connectivity index (χ1) is 11.6. The maximum absolute atomic E-state index is 12.7. The molecule has 0 spiro atoms. The summed E-state index contributed by atoms with van der Waals surface area (Å²) in [6.45, 7) is 1.80. The van der Waals surface area contributed by atoms with Crippen molar-refractivity contribution in [2.45, 2.75) is 13.0 Å². The van der Waals surface area contributed by atoms with Crippen LogP contribution in [0.4, 0.5) is 0 Å². The number of hydrogen-bond acceptors (Lipinski definition) is 4. The highest BCUT2D eigenvalue weighted by molar-refractivity contribution is 6.06. The van der Waals surface area contributed by atoms with Crippen LogP contribution in [0.1, 0.15) is 27.7 Å². The van der Waals surface area contributed by atoms with Gasteiger partial charge < -0.3 is 14.5 Å². The lowest BCUT2D eigenvalue weighted by molar-refractivity contribution is -0.151. The Morgan fingerprint density at radius 3 is 2.38 bits per heavy atom. The van der Waals surface area contributed by atoms with E-state index in [9.17, 15) is 9.59 Å². The van der Waals surface area contributed by atoms with Gasteiger partial charge in [-0.15, -0.1) is 0 Å². The zero-order chi connectivity index (χ0) is 17.1. The van der Waals surface area contributed by atoms with Crippen molar-refractivity contribution in [3.63, 3.8) is 0 Å². The maximum Gasteiger partial charge on any atom is 0.351 e. The molecule has 0 aliphatic rings. The van der Waals surface area contributed by atoms with Crippen molar-refractivity contribution in [3.05, 3.63) is 71.4 Å². The van der Waals surface area contributed by atoms with E-state index in [1.807, 2.05) is 30.3 Å². The lowest BCUT2D eigenvalue weighted by Gasteiger charge is -2.16. The van der Waals surface area contributed by atoms with E-state index in [1.165, 1.54) is 7.11 Å². The number of hydrogen-bond donors (Lipinski definition) is 1. The fraction of sp³-hybridized carbons (Fsp3) is 0.158. The fourth-order valence-corrected chi connectivity index (χ4v) is 2.69. The number of ether oxygens (including phenoxy) is 2. The van der Waals surface area contributed by atoms with E-state index in [0.29, 0.717) is 16.8 Å². The van der Waals surface area contributed by atoms with E-state index >= 15 is 0 Å². The number of aryl methyl sites for hydroxylation is 1. The standard InChI is InChI=1S/C19H17NO4/c1-12-16(14-10-6-7-11-15(14)20-12)18(21)24-17(19(22)23-2)13-8-4-3-5-9-13/h3-11,17,20H,1-2H3. The van der Waals surface area contributed by atoms with Crippen LogP contribution >= 0.6 is 0 Å². The summed E-state index contributed by atoms with van der Waals surface area (Å²) in [6.07, 6.45) is -1.10. The predicted molar refractivity (Wildman–Crippen MR) is 89.7 cm³/mol. The number of aromatic nitrogens is 1. The Balaban J connectivity index is 1.96. The highest BCUT2D eigenvalue weighted by Crippen LogP contribution is 2.26. The van der Waals surface area contributed by atoms with Gasteiger partial charge in [0.25, 0.3) is 0 Å². The maximum atomic E-state index is 12.7. The molecule has 122 valence electrons. The molecule has 0 aliphatic heterocycles. The molecule has 0 radical (unpaired) electrons. The number of nitrogens with one attached hydrogen (secondary N) is 1. The van der Waals surface area contributed by atoms with Crippen molar-refractivity contribution < 1.29 is 19.1 Å². The zero-order valence-corrected chi connectivity index (χ0v) is 13.4. The largest absolute Gasteiger partial charge is 0.466 e. The van der Waals surface area contributed by atoms with E-state index in [2.05, 4.69) is 4.98 Å². The number of H-pyrrole nitrogens is 1. The summed E-state index contributed by atoms with van der Waals surface area (Å²) >= 11 is 0. The van der Waals surface area contributed by atoms with Gasteiger partial charge in [-0.1, -0.05) is 48.5 Å². The Morgan fingerprint density at radius 1 is 1.00 bits per heavy atom. The Bertz CT molecular complexity index is 883. The molecule has 0 bridgehead atoms. The van der Waals surface area contributed by atoms with Gasteiger partial charge in [0.15, 0.2) is 0 Å². The second kappa shape index (κ2) is 6.58. The number of aromatic amines is 1. The minimum atomic E-state index is -1.10. The van der Waals surface area contributed by atoms with Crippen molar-refractivity contribution in [3.8, 4) is 0 Å². The molecule has 3 aromatic rings. The van der Waals surface area contributed by atoms with Crippen LogP contribution in [0.25, 0.3) is 10.9 Å². The zero-order valence-electron chi connectivity index (χ0n) is 13.4. The summed E-state index contributed by atoms with van der Waals surface area (Å²) in [4.78, 5) is 27.9. The third-order valence-electron chi connectivity index (χ3n) is 3.84. The van der Waals surface area contributed by atoms with E-state index in [4.69, 9.17) is 9.47 Å². The van der Waals surface area contributed by atoms with Crippen molar-refractivity contribution >= 4 is 22.8 Å². The second-order valence-electron chi connectivity index (χ2n) is 5.39. The van der Waals surface area contributed by atoms with Crippen LogP contribution in [-0.4, -0.2) is 24.0 Å². The molecule has 3 rings (SSSR count). The van der Waals surface area contributed by atoms with E-state index in [1.54, 1.807) is 31.2 Å². The van der Waals surface area contributed by atoms with Crippen LogP contribution < -0.4 is 0 Å². The van der Waals surface area contributed by atoms with Crippen LogP contribution in [0.15, 0.2) is 54.6 Å². The number of fused-ring (bicyclic) bond motifs is 1. The van der Waals surface area contributed by atoms with E-state index in [-0.39, 0.29) is 0 Å². The lowest BCUT2D eigenvalue weighted by atomic mass is 10.1. The first-order valence-corrected chi connectivity index (χ1v) is 7.53. The van der Waals surface area contributed by atoms with E-state index < -0.39 is 18.0 Å². The smallest absolute Gasteiger partial charge is 0.351 e. The van der Waals surface area contributed by atoms with Crippen LogP contribution in [0.2, 0.25) is 0 Å². The molecule has 0 fully saturated rings. The summed E-state index contributed by atoms with van der Waals surface area (Å²) in [5, 5.41) is 0.761. The minimum Gasteiger partial charge on any atom is -0.466 e. The number of para-hydroxylation sites is 1. The average Bonchev–Trinajstić information content (AvgIpc) is 2.95. The SMILES string of the molecule is COC(=O)C(OC(=O)c1c(C)[nH]c2ccccc12)c1ccccc1.